The fourth-order valence-electron chi connectivity index (χ4n) is 7.93. The van der Waals surface area contributed by atoms with Gasteiger partial charge in [-0.15, -0.1) is 0 Å². The largest absolute Gasteiger partial charge is 0.462 e. The molecule has 3 unspecified atom stereocenters. The Hall–Kier alpha value is -2.96. The number of hydrogen-bond acceptors (Lipinski definition) is 5. The maximum atomic E-state index is 13.2. The molecular weight excluding hydrogens is 803 g/mol. The summed E-state index contributed by atoms with van der Waals surface area (Å²) >= 11 is 0. The normalized spacial score (nSPS) is 13.9. The van der Waals surface area contributed by atoms with Crippen LogP contribution in [-0.2, 0) is 14.3 Å². The molecule has 65 heavy (non-hydrogen) atoms. The van der Waals surface area contributed by atoms with Crippen LogP contribution in [-0.4, -0.2) is 46.9 Å². The van der Waals surface area contributed by atoms with Gasteiger partial charge < -0.3 is 20.3 Å². The minimum atomic E-state index is -0.807. The monoisotopic (exact) mass is 906 g/mol. The molecule has 0 aliphatic carbocycles. The molecule has 0 aromatic carbocycles. The van der Waals surface area contributed by atoms with Crippen molar-refractivity contribution in [3.05, 3.63) is 85.1 Å². The summed E-state index contributed by atoms with van der Waals surface area (Å²) in [7, 11) is 0. The number of carbonyl (C=O) groups excluding carboxylic acids is 2. The molecule has 3 N–H and O–H groups in total. The first-order valence-electron chi connectivity index (χ1n) is 27.4. The second-order valence-electron chi connectivity index (χ2n) is 18.3. The number of amides is 1. The SMILES string of the molecule is CC/C=C/C/C=C/C/C=C/CCCCCCC(=O)OC(CCCCC/C=C/C=C/C=C/C=C/CCCCC)CC(=O)NC(CO)C(O)CCCCCCCCCCCCCCCCCC. The van der Waals surface area contributed by atoms with E-state index in [1.54, 1.807) is 0 Å². The second-order valence-corrected chi connectivity index (χ2v) is 18.3. The highest BCUT2D eigenvalue weighted by molar-refractivity contribution is 5.77. The van der Waals surface area contributed by atoms with Crippen molar-refractivity contribution in [1.29, 1.82) is 0 Å². The van der Waals surface area contributed by atoms with Gasteiger partial charge in [0, 0.05) is 6.42 Å². The van der Waals surface area contributed by atoms with Crippen LogP contribution in [0.2, 0.25) is 0 Å². The lowest BCUT2D eigenvalue weighted by atomic mass is 10.0. The third kappa shape index (κ3) is 47.3. The molecule has 1 amide bonds. The quantitative estimate of drug-likeness (QED) is 0.0245. The van der Waals surface area contributed by atoms with Crippen LogP contribution >= 0.6 is 0 Å². The summed E-state index contributed by atoms with van der Waals surface area (Å²) in [5, 5.41) is 23.8. The van der Waals surface area contributed by atoms with E-state index >= 15 is 0 Å². The van der Waals surface area contributed by atoms with Gasteiger partial charge in [-0.2, -0.15) is 0 Å². The van der Waals surface area contributed by atoms with Crippen molar-refractivity contribution in [2.24, 2.45) is 0 Å². The maximum Gasteiger partial charge on any atom is 0.306 e. The van der Waals surface area contributed by atoms with E-state index in [0.29, 0.717) is 19.3 Å². The lowest BCUT2D eigenvalue weighted by molar-refractivity contribution is -0.151. The minimum absolute atomic E-state index is 0.0388. The molecule has 0 spiro atoms. The Morgan fingerprint density at radius 2 is 0.892 bits per heavy atom. The van der Waals surface area contributed by atoms with Gasteiger partial charge in [0.05, 0.1) is 25.2 Å². The van der Waals surface area contributed by atoms with E-state index in [1.165, 1.54) is 103 Å². The summed E-state index contributed by atoms with van der Waals surface area (Å²) in [6, 6.07) is -0.724. The second kappa shape index (κ2) is 52.0. The number of nitrogens with one attached hydrogen (secondary N) is 1. The lowest BCUT2D eigenvalue weighted by Crippen LogP contribution is -2.46. The number of rotatable bonds is 48. The Kier molecular flexibility index (Phi) is 49.6. The Balaban J connectivity index is 4.68. The lowest BCUT2D eigenvalue weighted by Gasteiger charge is -2.24. The fraction of sp³-hybridized carbons (Fsp3) is 0.729. The molecule has 3 atom stereocenters. The molecule has 0 radical (unpaired) electrons. The number of hydrogen-bond donors (Lipinski definition) is 3. The van der Waals surface area contributed by atoms with Gasteiger partial charge in [-0.1, -0.05) is 241 Å². The number of esters is 1. The van der Waals surface area contributed by atoms with Crippen molar-refractivity contribution in [2.75, 3.05) is 6.61 Å². The zero-order valence-corrected chi connectivity index (χ0v) is 42.6. The number of aliphatic hydroxyl groups excluding tert-OH is 2. The molecule has 0 saturated heterocycles. The first-order valence-corrected chi connectivity index (χ1v) is 27.4. The van der Waals surface area contributed by atoms with Gasteiger partial charge in [0.2, 0.25) is 5.91 Å². The number of aliphatic hydroxyl groups is 2. The van der Waals surface area contributed by atoms with E-state index in [9.17, 15) is 19.8 Å². The topological polar surface area (TPSA) is 95.9 Å². The molecule has 0 saturated carbocycles. The van der Waals surface area contributed by atoms with Crippen molar-refractivity contribution in [1.82, 2.24) is 5.32 Å². The third-order valence-corrected chi connectivity index (χ3v) is 12.1. The zero-order chi connectivity index (χ0) is 47.4. The smallest absolute Gasteiger partial charge is 0.306 e. The summed E-state index contributed by atoms with van der Waals surface area (Å²) < 4.78 is 5.92. The van der Waals surface area contributed by atoms with Gasteiger partial charge in [-0.05, 0) is 83.5 Å². The van der Waals surface area contributed by atoms with Crippen LogP contribution in [0, 0.1) is 0 Å². The number of allylic oxidation sites excluding steroid dienone is 14. The van der Waals surface area contributed by atoms with Gasteiger partial charge >= 0.3 is 5.97 Å². The van der Waals surface area contributed by atoms with Crippen LogP contribution < -0.4 is 5.32 Å². The molecule has 0 aromatic rings. The van der Waals surface area contributed by atoms with Crippen molar-refractivity contribution in [3.8, 4) is 0 Å². The van der Waals surface area contributed by atoms with Gasteiger partial charge in [-0.3, -0.25) is 9.59 Å². The molecule has 0 aliphatic rings. The molecule has 0 heterocycles. The van der Waals surface area contributed by atoms with E-state index in [-0.39, 0.29) is 24.9 Å². The number of carbonyl (C=O) groups is 2. The van der Waals surface area contributed by atoms with Gasteiger partial charge in [0.25, 0.3) is 0 Å². The van der Waals surface area contributed by atoms with Crippen molar-refractivity contribution in [3.63, 3.8) is 0 Å². The fourth-order valence-corrected chi connectivity index (χ4v) is 7.93. The van der Waals surface area contributed by atoms with Crippen LogP contribution in [0.3, 0.4) is 0 Å². The highest BCUT2D eigenvalue weighted by Crippen LogP contribution is 2.17. The van der Waals surface area contributed by atoms with Crippen molar-refractivity contribution >= 4 is 11.9 Å². The maximum absolute atomic E-state index is 13.2. The average Bonchev–Trinajstić information content (AvgIpc) is 3.30. The minimum Gasteiger partial charge on any atom is -0.462 e. The molecule has 374 valence electrons. The van der Waals surface area contributed by atoms with Gasteiger partial charge in [0.1, 0.15) is 6.10 Å². The summed E-state index contributed by atoms with van der Waals surface area (Å²) in [6.45, 7) is 6.33. The van der Waals surface area contributed by atoms with E-state index in [0.717, 1.165) is 103 Å². The van der Waals surface area contributed by atoms with Gasteiger partial charge in [-0.25, -0.2) is 0 Å². The summed E-state index contributed by atoms with van der Waals surface area (Å²) in [4.78, 5) is 26.2. The van der Waals surface area contributed by atoms with E-state index in [4.69, 9.17) is 4.74 Å². The summed E-state index contributed by atoms with van der Waals surface area (Å²) in [5.41, 5.74) is 0. The van der Waals surface area contributed by atoms with E-state index in [1.807, 2.05) is 6.08 Å². The van der Waals surface area contributed by atoms with E-state index < -0.39 is 18.2 Å². The van der Waals surface area contributed by atoms with Crippen LogP contribution in [0.25, 0.3) is 0 Å². The first-order chi connectivity index (χ1) is 32.0. The number of unbranched alkanes of at least 4 members (excludes halogenated alkanes) is 25. The molecule has 6 heteroatoms. The molecule has 6 nitrogen and oxygen atoms in total. The molecule has 0 bridgehead atoms. The van der Waals surface area contributed by atoms with Crippen LogP contribution in [0.1, 0.15) is 252 Å². The van der Waals surface area contributed by atoms with Crippen LogP contribution in [0.4, 0.5) is 0 Å². The zero-order valence-electron chi connectivity index (χ0n) is 42.6. The Morgan fingerprint density at radius 3 is 1.45 bits per heavy atom. The van der Waals surface area contributed by atoms with Crippen LogP contribution in [0.5, 0.6) is 0 Å². The average molecular weight is 906 g/mol. The Bertz CT molecular complexity index is 1250. The Morgan fingerprint density at radius 1 is 0.477 bits per heavy atom. The van der Waals surface area contributed by atoms with Crippen molar-refractivity contribution in [2.45, 2.75) is 270 Å². The van der Waals surface area contributed by atoms with Crippen LogP contribution in [0.15, 0.2) is 85.1 Å². The van der Waals surface area contributed by atoms with Gasteiger partial charge in [0.15, 0.2) is 0 Å². The molecule has 0 aromatic heterocycles. The molecule has 0 rings (SSSR count). The standard InChI is InChI=1S/C59H103NO5/c1-4-7-10-13-16-19-22-25-28-30-32-35-38-41-44-47-50-55(65-59(64)52-49-46-43-40-37-34-27-24-21-18-15-12-9-6-3)53-58(63)60-56(54-61)57(62)51-48-45-42-39-36-33-31-29-26-23-20-17-14-11-8-5-2/h9,12,16,18-19,21-22,25,27-28,30,32,34-35,55-57,61-62H,4-8,10-11,13-15,17,20,23-24,26,29,31,33,36-54H2,1-3H3,(H,60,63)/b12-9+,19-16+,21-18+,25-22+,30-28+,34-27+,35-32+. The van der Waals surface area contributed by atoms with E-state index in [2.05, 4.69) is 105 Å². The number of ether oxygens (including phenoxy) is 1. The molecule has 0 fully saturated rings. The molecular formula is C59H103NO5. The predicted molar refractivity (Wildman–Crippen MR) is 282 cm³/mol. The predicted octanol–water partition coefficient (Wildman–Crippen LogP) is 16.7. The highest BCUT2D eigenvalue weighted by Gasteiger charge is 2.24. The Labute approximate surface area is 402 Å². The van der Waals surface area contributed by atoms with Crippen molar-refractivity contribution < 1.29 is 24.5 Å². The highest BCUT2D eigenvalue weighted by atomic mass is 16.5. The summed E-state index contributed by atoms with van der Waals surface area (Å²) in [5.74, 6) is -0.540. The first kappa shape index (κ1) is 62.0. The molecule has 0 aliphatic heterocycles. The summed E-state index contributed by atoms with van der Waals surface area (Å²) in [6.07, 6.45) is 67.8. The third-order valence-electron chi connectivity index (χ3n) is 12.1.